The van der Waals surface area contributed by atoms with Crippen molar-refractivity contribution in [3.63, 3.8) is 0 Å². The second kappa shape index (κ2) is 5.13. The third-order valence-corrected chi connectivity index (χ3v) is 4.03. The van der Waals surface area contributed by atoms with Crippen LogP contribution in [-0.2, 0) is 4.74 Å². The van der Waals surface area contributed by atoms with E-state index in [9.17, 15) is 20.6 Å². The summed E-state index contributed by atoms with van der Waals surface area (Å²) in [6, 6.07) is 10.4. The number of hydrogen-bond acceptors (Lipinski definition) is 6. The number of aliphatic hydroxyl groups is 3. The zero-order chi connectivity index (χ0) is 14.3. The average molecular weight is 276 g/mol. The van der Waals surface area contributed by atoms with E-state index in [4.69, 9.17) is 4.74 Å². The number of rotatable bonds is 1. The first-order valence-electron chi connectivity index (χ1n) is 6.53. The molecule has 2 aliphatic heterocycles. The standard InChI is InChI=1S/C14H16N2O4/c15-6-9-11(17)12(18)13(19)14-16(9)10(7-20-14)8-4-2-1-3-5-8/h1-5,9-14,17-19H,7H2/t9?,10-,11+,12-,13+,14+/m0/s1. The lowest BCUT2D eigenvalue weighted by Gasteiger charge is -2.43. The van der Waals surface area contributed by atoms with Crippen LogP contribution in [0, 0.1) is 11.3 Å². The van der Waals surface area contributed by atoms with E-state index in [-0.39, 0.29) is 6.04 Å². The molecule has 0 radical (unpaired) electrons. The Kier molecular flexibility index (Phi) is 3.46. The van der Waals surface area contributed by atoms with Gasteiger partial charge in [0.2, 0.25) is 0 Å². The van der Waals surface area contributed by atoms with Crippen LogP contribution in [0.5, 0.6) is 0 Å². The maximum absolute atomic E-state index is 10.0. The van der Waals surface area contributed by atoms with E-state index < -0.39 is 30.6 Å². The van der Waals surface area contributed by atoms with E-state index >= 15 is 0 Å². The van der Waals surface area contributed by atoms with Gasteiger partial charge < -0.3 is 20.1 Å². The number of nitriles is 1. The summed E-state index contributed by atoms with van der Waals surface area (Å²) in [5.74, 6) is 0. The molecule has 6 atom stereocenters. The third-order valence-electron chi connectivity index (χ3n) is 4.03. The fraction of sp³-hybridized carbons (Fsp3) is 0.500. The topological polar surface area (TPSA) is 97.0 Å². The van der Waals surface area contributed by atoms with E-state index in [1.165, 1.54) is 0 Å². The molecule has 0 amide bonds. The van der Waals surface area contributed by atoms with Gasteiger partial charge in [-0.3, -0.25) is 0 Å². The van der Waals surface area contributed by atoms with E-state index in [1.807, 2.05) is 36.4 Å². The lowest BCUT2D eigenvalue weighted by Crippen LogP contribution is -2.64. The summed E-state index contributed by atoms with van der Waals surface area (Å²) in [6.07, 6.45) is -4.71. The Morgan fingerprint density at radius 3 is 2.45 bits per heavy atom. The summed E-state index contributed by atoms with van der Waals surface area (Å²) in [5, 5.41) is 39.1. The summed E-state index contributed by atoms with van der Waals surface area (Å²) in [7, 11) is 0. The summed E-state index contributed by atoms with van der Waals surface area (Å²) in [5.41, 5.74) is 0.950. The van der Waals surface area contributed by atoms with Gasteiger partial charge in [0.25, 0.3) is 0 Å². The lowest BCUT2D eigenvalue weighted by molar-refractivity contribution is -0.194. The van der Waals surface area contributed by atoms with Gasteiger partial charge in [-0.25, -0.2) is 4.90 Å². The van der Waals surface area contributed by atoms with Crippen LogP contribution in [0.3, 0.4) is 0 Å². The molecule has 106 valence electrons. The first-order valence-corrected chi connectivity index (χ1v) is 6.53. The third kappa shape index (κ3) is 1.92. The van der Waals surface area contributed by atoms with Gasteiger partial charge in [-0.05, 0) is 5.56 Å². The molecule has 2 fully saturated rings. The maximum atomic E-state index is 10.0. The minimum atomic E-state index is -1.38. The van der Waals surface area contributed by atoms with Gasteiger partial charge in [0, 0.05) is 0 Å². The number of hydrogen-bond donors (Lipinski definition) is 3. The van der Waals surface area contributed by atoms with Crippen LogP contribution in [0.1, 0.15) is 11.6 Å². The maximum Gasteiger partial charge on any atom is 0.141 e. The summed E-state index contributed by atoms with van der Waals surface area (Å²) < 4.78 is 5.54. The second-order valence-corrected chi connectivity index (χ2v) is 5.14. The van der Waals surface area contributed by atoms with Gasteiger partial charge >= 0.3 is 0 Å². The largest absolute Gasteiger partial charge is 0.388 e. The van der Waals surface area contributed by atoms with Gasteiger partial charge in [-0.1, -0.05) is 30.3 Å². The molecule has 0 spiro atoms. The normalized spacial score (nSPS) is 41.1. The number of piperidine rings is 1. The number of fused-ring (bicyclic) bond motifs is 1. The number of nitrogens with zero attached hydrogens (tertiary/aromatic N) is 2. The van der Waals surface area contributed by atoms with Crippen molar-refractivity contribution in [2.75, 3.05) is 6.61 Å². The van der Waals surface area contributed by atoms with Crippen LogP contribution < -0.4 is 0 Å². The summed E-state index contributed by atoms with van der Waals surface area (Å²) in [6.45, 7) is 0.309. The fourth-order valence-electron chi connectivity index (χ4n) is 2.99. The molecule has 0 aromatic heterocycles. The quantitative estimate of drug-likeness (QED) is 0.632. The lowest BCUT2D eigenvalue weighted by atomic mass is 9.91. The Labute approximate surface area is 116 Å². The van der Waals surface area contributed by atoms with Gasteiger partial charge in [0.15, 0.2) is 0 Å². The molecular formula is C14H16N2O4. The molecule has 3 N–H and O–H groups in total. The van der Waals surface area contributed by atoms with Crippen molar-refractivity contribution >= 4 is 0 Å². The molecule has 2 heterocycles. The Bertz CT molecular complexity index is 518. The zero-order valence-electron chi connectivity index (χ0n) is 10.7. The molecule has 2 saturated heterocycles. The van der Waals surface area contributed by atoms with Crippen molar-refractivity contribution in [2.24, 2.45) is 0 Å². The monoisotopic (exact) mass is 276 g/mol. The Morgan fingerprint density at radius 1 is 1.10 bits per heavy atom. The predicted molar refractivity (Wildman–Crippen MR) is 68.2 cm³/mol. The van der Waals surface area contributed by atoms with Gasteiger partial charge in [0.05, 0.1) is 18.7 Å². The number of benzene rings is 1. The van der Waals surface area contributed by atoms with Crippen molar-refractivity contribution in [2.45, 2.75) is 36.6 Å². The number of aliphatic hydroxyl groups excluding tert-OH is 3. The molecule has 2 aliphatic rings. The van der Waals surface area contributed by atoms with Crippen molar-refractivity contribution in [1.29, 1.82) is 5.26 Å². The Hall–Kier alpha value is -1.49. The molecule has 1 unspecified atom stereocenters. The van der Waals surface area contributed by atoms with Crippen molar-refractivity contribution < 1.29 is 20.1 Å². The molecule has 1 aromatic rings. The molecule has 1 aromatic carbocycles. The molecular weight excluding hydrogens is 260 g/mol. The predicted octanol–water partition coefficient (Wildman–Crippen LogP) is -0.626. The molecule has 20 heavy (non-hydrogen) atoms. The van der Waals surface area contributed by atoms with Gasteiger partial charge in [-0.2, -0.15) is 5.26 Å². The molecule has 6 nitrogen and oxygen atoms in total. The van der Waals surface area contributed by atoms with Crippen molar-refractivity contribution in [3.8, 4) is 6.07 Å². The highest BCUT2D eigenvalue weighted by Gasteiger charge is 2.54. The molecule has 0 saturated carbocycles. The minimum absolute atomic E-state index is 0.220. The second-order valence-electron chi connectivity index (χ2n) is 5.14. The highest BCUT2D eigenvalue weighted by molar-refractivity contribution is 5.23. The van der Waals surface area contributed by atoms with E-state index in [1.54, 1.807) is 4.90 Å². The molecule has 0 aliphatic carbocycles. The SMILES string of the molecule is N#CC1[C@@H](O)[C@H](O)[C@@H](O)[C@H]2OC[C@@H](c3ccccc3)N12. The van der Waals surface area contributed by atoms with Crippen LogP contribution in [-0.4, -0.2) is 57.4 Å². The van der Waals surface area contributed by atoms with E-state index in [0.29, 0.717) is 6.61 Å². The fourth-order valence-corrected chi connectivity index (χ4v) is 2.99. The van der Waals surface area contributed by atoms with Crippen LogP contribution >= 0.6 is 0 Å². The van der Waals surface area contributed by atoms with Crippen molar-refractivity contribution in [3.05, 3.63) is 35.9 Å². The molecule has 0 bridgehead atoms. The van der Waals surface area contributed by atoms with Crippen molar-refractivity contribution in [1.82, 2.24) is 4.90 Å². The average Bonchev–Trinajstić information content (AvgIpc) is 2.91. The first-order chi connectivity index (χ1) is 9.65. The number of ether oxygens (including phenoxy) is 1. The summed E-state index contributed by atoms with van der Waals surface area (Å²) >= 11 is 0. The molecule has 6 heteroatoms. The Balaban J connectivity index is 1.96. The van der Waals surface area contributed by atoms with Gasteiger partial charge in [-0.15, -0.1) is 0 Å². The molecule has 3 rings (SSSR count). The highest BCUT2D eigenvalue weighted by atomic mass is 16.5. The highest BCUT2D eigenvalue weighted by Crippen LogP contribution is 2.38. The zero-order valence-corrected chi connectivity index (χ0v) is 10.7. The minimum Gasteiger partial charge on any atom is -0.388 e. The Morgan fingerprint density at radius 2 is 1.80 bits per heavy atom. The van der Waals surface area contributed by atoms with Crippen LogP contribution in [0.25, 0.3) is 0 Å². The summed E-state index contributed by atoms with van der Waals surface area (Å²) in [4.78, 5) is 1.65. The smallest absolute Gasteiger partial charge is 0.141 e. The van der Waals surface area contributed by atoms with Gasteiger partial charge in [0.1, 0.15) is 30.6 Å². The van der Waals surface area contributed by atoms with Crippen LogP contribution in [0.15, 0.2) is 30.3 Å². The van der Waals surface area contributed by atoms with Crippen LogP contribution in [0.2, 0.25) is 0 Å². The van der Waals surface area contributed by atoms with E-state index in [0.717, 1.165) is 5.56 Å². The van der Waals surface area contributed by atoms with E-state index in [2.05, 4.69) is 0 Å². The van der Waals surface area contributed by atoms with Crippen LogP contribution in [0.4, 0.5) is 0 Å². The first kappa shape index (κ1) is 13.5.